The third-order valence-corrected chi connectivity index (χ3v) is 4.78. The van der Waals surface area contributed by atoms with Crippen LogP contribution in [0.3, 0.4) is 0 Å². The predicted octanol–water partition coefficient (Wildman–Crippen LogP) is 5.59. The van der Waals surface area contributed by atoms with E-state index >= 15 is 0 Å². The Bertz CT molecular complexity index is 1160. The van der Waals surface area contributed by atoms with Gasteiger partial charge in [-0.1, -0.05) is 46.3 Å². The molecule has 1 heterocycles. The van der Waals surface area contributed by atoms with Gasteiger partial charge in [-0.3, -0.25) is 0 Å². The quantitative estimate of drug-likeness (QED) is 0.425. The summed E-state index contributed by atoms with van der Waals surface area (Å²) in [6.45, 7) is 0. The zero-order chi connectivity index (χ0) is 19.5. The molecule has 4 aromatic rings. The normalized spacial score (nSPS) is 10.6. The molecule has 0 saturated carbocycles. The van der Waals surface area contributed by atoms with E-state index in [0.717, 1.165) is 26.6 Å². The lowest BCUT2D eigenvalue weighted by Crippen LogP contribution is -2.03. The third-order valence-electron chi connectivity index (χ3n) is 4.25. The molecular weight excluding hydrogens is 418 g/mol. The van der Waals surface area contributed by atoms with Gasteiger partial charge in [0.2, 0.25) is 0 Å². The lowest BCUT2D eigenvalue weighted by molar-refractivity contribution is 0.0601. The molecule has 0 spiro atoms. The second-order valence-electron chi connectivity index (χ2n) is 6.12. The minimum atomic E-state index is -0.383. The Morgan fingerprint density at radius 1 is 0.964 bits per heavy atom. The van der Waals surface area contributed by atoms with Crippen LogP contribution in [0.5, 0.6) is 0 Å². The highest BCUT2D eigenvalue weighted by atomic mass is 79.9. The molecule has 0 amide bonds. The van der Waals surface area contributed by atoms with E-state index in [1.54, 1.807) is 18.2 Å². The third kappa shape index (κ3) is 3.73. The Balaban J connectivity index is 1.79. The number of hydrogen-bond donors (Lipinski definition) is 1. The van der Waals surface area contributed by atoms with Gasteiger partial charge in [-0.25, -0.2) is 14.8 Å². The van der Waals surface area contributed by atoms with Gasteiger partial charge in [0.1, 0.15) is 5.82 Å². The van der Waals surface area contributed by atoms with E-state index in [9.17, 15) is 4.79 Å². The van der Waals surface area contributed by atoms with Gasteiger partial charge in [-0.2, -0.15) is 0 Å². The van der Waals surface area contributed by atoms with Crippen LogP contribution in [0.25, 0.3) is 22.3 Å². The van der Waals surface area contributed by atoms with Crippen molar-refractivity contribution in [2.24, 2.45) is 0 Å². The molecule has 0 fully saturated rings. The molecule has 0 saturated heterocycles. The molecule has 0 aliphatic rings. The number of methoxy groups -OCH3 is 1. The molecule has 4 rings (SSSR count). The second kappa shape index (κ2) is 7.78. The van der Waals surface area contributed by atoms with Crippen LogP contribution in [-0.4, -0.2) is 23.0 Å². The minimum absolute atomic E-state index is 0.383. The first-order chi connectivity index (χ1) is 13.6. The zero-order valence-corrected chi connectivity index (χ0v) is 16.6. The smallest absolute Gasteiger partial charge is 0.337 e. The van der Waals surface area contributed by atoms with Crippen molar-refractivity contribution >= 4 is 44.3 Å². The summed E-state index contributed by atoms with van der Waals surface area (Å²) in [6, 6.07) is 22.8. The highest BCUT2D eigenvalue weighted by molar-refractivity contribution is 9.10. The Morgan fingerprint density at radius 3 is 2.54 bits per heavy atom. The summed E-state index contributed by atoms with van der Waals surface area (Å²) < 4.78 is 5.80. The first-order valence-electron chi connectivity index (χ1n) is 8.62. The summed E-state index contributed by atoms with van der Waals surface area (Å²) >= 11 is 3.45. The van der Waals surface area contributed by atoms with Gasteiger partial charge in [0.05, 0.1) is 18.2 Å². The Morgan fingerprint density at radius 2 is 1.75 bits per heavy atom. The fourth-order valence-electron chi connectivity index (χ4n) is 2.88. The molecule has 1 aromatic heterocycles. The number of fused-ring (bicyclic) bond motifs is 1. The number of aromatic nitrogens is 2. The van der Waals surface area contributed by atoms with Crippen LogP contribution < -0.4 is 5.32 Å². The predicted molar refractivity (Wildman–Crippen MR) is 114 cm³/mol. The van der Waals surface area contributed by atoms with Crippen LogP contribution in [-0.2, 0) is 4.74 Å². The van der Waals surface area contributed by atoms with Crippen molar-refractivity contribution in [3.8, 4) is 11.4 Å². The zero-order valence-electron chi connectivity index (χ0n) is 15.0. The maximum Gasteiger partial charge on any atom is 0.337 e. The number of para-hydroxylation sites is 1. The Labute approximate surface area is 170 Å². The van der Waals surface area contributed by atoms with Crippen molar-refractivity contribution < 1.29 is 9.53 Å². The van der Waals surface area contributed by atoms with Gasteiger partial charge in [0, 0.05) is 21.1 Å². The van der Waals surface area contributed by atoms with Crippen LogP contribution in [0.4, 0.5) is 11.5 Å². The first-order valence-corrected chi connectivity index (χ1v) is 9.41. The first kappa shape index (κ1) is 18.1. The second-order valence-corrected chi connectivity index (χ2v) is 7.03. The van der Waals surface area contributed by atoms with Crippen molar-refractivity contribution in [3.63, 3.8) is 0 Å². The van der Waals surface area contributed by atoms with Gasteiger partial charge in [-0.05, 0) is 42.5 Å². The Kier molecular flexibility index (Phi) is 5.04. The van der Waals surface area contributed by atoms with Crippen LogP contribution in [0, 0.1) is 0 Å². The molecule has 138 valence electrons. The average molecular weight is 434 g/mol. The average Bonchev–Trinajstić information content (AvgIpc) is 2.74. The molecule has 28 heavy (non-hydrogen) atoms. The van der Waals surface area contributed by atoms with Gasteiger partial charge in [-0.15, -0.1) is 0 Å². The number of carbonyl (C=O) groups is 1. The largest absolute Gasteiger partial charge is 0.465 e. The SMILES string of the molecule is COC(=O)c1cccc(Nc2nc(-c3ccc(Br)cc3)nc3ccccc23)c1. The summed E-state index contributed by atoms with van der Waals surface area (Å²) in [5, 5.41) is 4.21. The van der Waals surface area contributed by atoms with Gasteiger partial charge >= 0.3 is 5.97 Å². The number of esters is 1. The molecule has 3 aromatic carbocycles. The highest BCUT2D eigenvalue weighted by Gasteiger charge is 2.11. The summed E-state index contributed by atoms with van der Waals surface area (Å²) in [6.07, 6.45) is 0. The monoisotopic (exact) mass is 433 g/mol. The van der Waals surface area contributed by atoms with Gasteiger partial charge < -0.3 is 10.1 Å². The number of carbonyl (C=O) groups excluding carboxylic acids is 1. The van der Waals surface area contributed by atoms with E-state index < -0.39 is 0 Å². The molecule has 5 nitrogen and oxygen atoms in total. The van der Waals surface area contributed by atoms with Crippen molar-refractivity contribution in [1.82, 2.24) is 9.97 Å². The number of ether oxygens (including phenoxy) is 1. The van der Waals surface area contributed by atoms with Crippen molar-refractivity contribution in [3.05, 3.63) is 82.8 Å². The number of halogens is 1. The molecule has 0 aliphatic heterocycles. The number of benzene rings is 3. The van der Waals surface area contributed by atoms with E-state index in [1.165, 1.54) is 7.11 Å². The summed E-state index contributed by atoms with van der Waals surface area (Å²) in [5.41, 5.74) is 2.97. The lowest BCUT2D eigenvalue weighted by atomic mass is 10.1. The number of nitrogens with zero attached hydrogens (tertiary/aromatic N) is 2. The van der Waals surface area contributed by atoms with Crippen LogP contribution >= 0.6 is 15.9 Å². The van der Waals surface area contributed by atoms with Crippen molar-refractivity contribution in [2.75, 3.05) is 12.4 Å². The standard InChI is InChI=1S/C22H16BrN3O2/c1-28-22(27)15-5-4-6-17(13-15)24-21-18-7-2-3-8-19(18)25-20(26-21)14-9-11-16(23)12-10-14/h2-13H,1H3,(H,24,25,26). The molecule has 0 unspecified atom stereocenters. The van der Waals surface area contributed by atoms with Crippen LogP contribution in [0.1, 0.15) is 10.4 Å². The van der Waals surface area contributed by atoms with E-state index in [1.807, 2.05) is 54.6 Å². The van der Waals surface area contributed by atoms with Crippen LogP contribution in [0.2, 0.25) is 0 Å². The number of nitrogens with one attached hydrogen (secondary N) is 1. The molecule has 0 atom stereocenters. The number of rotatable bonds is 4. The summed E-state index contributed by atoms with van der Waals surface area (Å²) in [5.74, 6) is 0.912. The number of anilines is 2. The lowest BCUT2D eigenvalue weighted by Gasteiger charge is -2.12. The van der Waals surface area contributed by atoms with E-state index in [2.05, 4.69) is 21.2 Å². The van der Waals surface area contributed by atoms with Gasteiger partial charge in [0.25, 0.3) is 0 Å². The fraction of sp³-hybridized carbons (Fsp3) is 0.0455. The summed E-state index contributed by atoms with van der Waals surface area (Å²) in [7, 11) is 1.37. The maximum absolute atomic E-state index is 11.8. The van der Waals surface area contributed by atoms with Crippen LogP contribution in [0.15, 0.2) is 77.3 Å². The van der Waals surface area contributed by atoms with E-state index in [0.29, 0.717) is 17.2 Å². The van der Waals surface area contributed by atoms with Crippen molar-refractivity contribution in [2.45, 2.75) is 0 Å². The van der Waals surface area contributed by atoms with E-state index in [-0.39, 0.29) is 5.97 Å². The number of hydrogen-bond acceptors (Lipinski definition) is 5. The van der Waals surface area contributed by atoms with Crippen molar-refractivity contribution in [1.29, 1.82) is 0 Å². The molecule has 1 N–H and O–H groups in total. The Hall–Kier alpha value is -3.25. The maximum atomic E-state index is 11.8. The fourth-order valence-corrected chi connectivity index (χ4v) is 3.14. The molecular formula is C22H16BrN3O2. The van der Waals surface area contributed by atoms with E-state index in [4.69, 9.17) is 14.7 Å². The topological polar surface area (TPSA) is 64.1 Å². The minimum Gasteiger partial charge on any atom is -0.465 e. The molecule has 0 aliphatic carbocycles. The highest BCUT2D eigenvalue weighted by Crippen LogP contribution is 2.28. The summed E-state index contributed by atoms with van der Waals surface area (Å²) in [4.78, 5) is 21.3. The molecule has 0 bridgehead atoms. The van der Waals surface area contributed by atoms with Gasteiger partial charge in [0.15, 0.2) is 5.82 Å². The molecule has 0 radical (unpaired) electrons. The molecule has 6 heteroatoms.